The van der Waals surface area contributed by atoms with E-state index in [1.165, 1.54) is 0 Å². The molecule has 0 bridgehead atoms. The molecule has 4 heteroatoms. The van der Waals surface area contributed by atoms with E-state index >= 15 is 0 Å². The summed E-state index contributed by atoms with van der Waals surface area (Å²) in [6.07, 6.45) is 0. The number of aliphatic hydroxyl groups is 2. The van der Waals surface area contributed by atoms with Crippen molar-refractivity contribution >= 4 is 22.7 Å². The van der Waals surface area contributed by atoms with Crippen LogP contribution < -0.4 is 0 Å². The molecule has 0 amide bonds. The molecule has 0 unspecified atom stereocenters. The van der Waals surface area contributed by atoms with Crippen molar-refractivity contribution in [2.75, 3.05) is 0 Å². The van der Waals surface area contributed by atoms with Gasteiger partial charge in [0.2, 0.25) is 0 Å². The van der Waals surface area contributed by atoms with Gasteiger partial charge in [-0.2, -0.15) is 0 Å². The molecule has 2 aromatic rings. The number of hydrogen-bond donors (Lipinski definition) is 2. The molecule has 2 heterocycles. The summed E-state index contributed by atoms with van der Waals surface area (Å²) >= 11 is 3.09. The van der Waals surface area contributed by atoms with Crippen molar-refractivity contribution in [3.8, 4) is 11.1 Å². The molecule has 0 aliphatic carbocycles. The fourth-order valence-corrected chi connectivity index (χ4v) is 3.86. The molecule has 0 saturated carbocycles. The molecule has 0 spiro atoms. The van der Waals surface area contributed by atoms with Crippen molar-refractivity contribution in [2.24, 2.45) is 0 Å². The molecule has 0 fully saturated rings. The fourth-order valence-electron chi connectivity index (χ4n) is 1.99. The van der Waals surface area contributed by atoms with Crippen LogP contribution in [0.15, 0.2) is 22.9 Å². The molecule has 2 N–H and O–H groups in total. The van der Waals surface area contributed by atoms with Crippen molar-refractivity contribution in [2.45, 2.75) is 38.9 Å². The maximum absolute atomic E-state index is 10.2. The largest absolute Gasteiger partial charge is 0.385 e. The first kappa shape index (κ1) is 13.7. The first-order valence-electron chi connectivity index (χ1n) is 5.82. The van der Waals surface area contributed by atoms with Crippen LogP contribution >= 0.6 is 22.7 Å². The van der Waals surface area contributed by atoms with E-state index < -0.39 is 11.2 Å². The Morgan fingerprint density at radius 2 is 1.11 bits per heavy atom. The third-order valence-electron chi connectivity index (χ3n) is 2.73. The van der Waals surface area contributed by atoms with Crippen LogP contribution in [0.4, 0.5) is 0 Å². The van der Waals surface area contributed by atoms with E-state index in [0.29, 0.717) is 0 Å². The summed E-state index contributed by atoms with van der Waals surface area (Å²) in [5.74, 6) is 0. The van der Waals surface area contributed by atoms with Gasteiger partial charge in [0.05, 0.1) is 11.2 Å². The van der Waals surface area contributed by atoms with Crippen molar-refractivity contribution in [3.63, 3.8) is 0 Å². The van der Waals surface area contributed by atoms with Gasteiger partial charge >= 0.3 is 0 Å². The van der Waals surface area contributed by atoms with Gasteiger partial charge in [0, 0.05) is 9.75 Å². The summed E-state index contributed by atoms with van der Waals surface area (Å²) in [5.41, 5.74) is 0.321. The summed E-state index contributed by atoms with van der Waals surface area (Å²) < 4.78 is 0. The molecular formula is C14H18O2S2. The summed E-state index contributed by atoms with van der Waals surface area (Å²) in [6, 6.07) is 4.02. The normalized spacial score (nSPS) is 13.0. The average Bonchev–Trinajstić information content (AvgIpc) is 2.83. The SMILES string of the molecule is CC(C)(O)c1sccc1-c1ccsc1C(C)(C)O. The van der Waals surface area contributed by atoms with Crippen LogP contribution in [0.25, 0.3) is 11.1 Å². The summed E-state index contributed by atoms with van der Waals surface area (Å²) in [6.45, 7) is 7.16. The first-order chi connectivity index (χ1) is 8.21. The second-order valence-corrected chi connectivity index (χ2v) is 7.28. The summed E-state index contributed by atoms with van der Waals surface area (Å²) in [7, 11) is 0. The molecule has 0 aliphatic heterocycles. The maximum Gasteiger partial charge on any atom is 0.0938 e. The highest BCUT2D eigenvalue weighted by Gasteiger charge is 2.27. The highest BCUT2D eigenvalue weighted by molar-refractivity contribution is 7.11. The maximum atomic E-state index is 10.2. The topological polar surface area (TPSA) is 40.5 Å². The number of thiophene rings is 2. The quantitative estimate of drug-likeness (QED) is 0.895. The van der Waals surface area contributed by atoms with E-state index in [0.717, 1.165) is 20.9 Å². The highest BCUT2D eigenvalue weighted by atomic mass is 32.1. The van der Waals surface area contributed by atoms with Gasteiger partial charge in [-0.3, -0.25) is 0 Å². The van der Waals surface area contributed by atoms with Gasteiger partial charge in [0.1, 0.15) is 0 Å². The van der Waals surface area contributed by atoms with E-state index in [2.05, 4.69) is 0 Å². The molecule has 2 nitrogen and oxygen atoms in total. The lowest BCUT2D eigenvalue weighted by atomic mass is 9.95. The van der Waals surface area contributed by atoms with Crippen LogP contribution in [0.1, 0.15) is 37.4 Å². The van der Waals surface area contributed by atoms with Crippen molar-refractivity contribution < 1.29 is 10.2 Å². The van der Waals surface area contributed by atoms with Crippen molar-refractivity contribution in [3.05, 3.63) is 32.6 Å². The molecule has 98 valence electrons. The zero-order valence-electron chi connectivity index (χ0n) is 11.0. The van der Waals surface area contributed by atoms with Crippen LogP contribution in [0, 0.1) is 0 Å². The van der Waals surface area contributed by atoms with Gasteiger partial charge < -0.3 is 10.2 Å². The Hall–Kier alpha value is -0.680. The van der Waals surface area contributed by atoms with Crippen LogP contribution in [0.5, 0.6) is 0 Å². The Balaban J connectivity index is 2.58. The zero-order valence-corrected chi connectivity index (χ0v) is 12.7. The van der Waals surface area contributed by atoms with E-state index in [-0.39, 0.29) is 0 Å². The Labute approximate surface area is 116 Å². The van der Waals surface area contributed by atoms with E-state index in [4.69, 9.17) is 0 Å². The third-order valence-corrected chi connectivity index (χ3v) is 5.19. The van der Waals surface area contributed by atoms with Gasteiger partial charge in [-0.25, -0.2) is 0 Å². The number of rotatable bonds is 3. The molecular weight excluding hydrogens is 264 g/mol. The molecule has 0 radical (unpaired) electrons. The average molecular weight is 282 g/mol. The molecule has 18 heavy (non-hydrogen) atoms. The van der Waals surface area contributed by atoms with Crippen molar-refractivity contribution in [1.29, 1.82) is 0 Å². The lowest BCUT2D eigenvalue weighted by Gasteiger charge is -2.21. The minimum absolute atomic E-state index is 0.859. The molecule has 0 atom stereocenters. The molecule has 0 aromatic carbocycles. The highest BCUT2D eigenvalue weighted by Crippen LogP contribution is 2.42. The van der Waals surface area contributed by atoms with Crippen LogP contribution in [0.2, 0.25) is 0 Å². The Morgan fingerprint density at radius 3 is 1.39 bits per heavy atom. The van der Waals surface area contributed by atoms with Crippen LogP contribution in [-0.2, 0) is 11.2 Å². The molecule has 2 rings (SSSR count). The van der Waals surface area contributed by atoms with E-state index in [1.54, 1.807) is 50.4 Å². The minimum atomic E-state index is -0.859. The lowest BCUT2D eigenvalue weighted by molar-refractivity contribution is 0.0808. The predicted molar refractivity (Wildman–Crippen MR) is 78.1 cm³/mol. The van der Waals surface area contributed by atoms with E-state index in [1.807, 2.05) is 22.9 Å². The minimum Gasteiger partial charge on any atom is -0.385 e. The van der Waals surface area contributed by atoms with Gasteiger partial charge in [-0.1, -0.05) is 0 Å². The first-order valence-corrected chi connectivity index (χ1v) is 7.58. The third kappa shape index (κ3) is 2.52. The van der Waals surface area contributed by atoms with Gasteiger partial charge in [0.15, 0.2) is 0 Å². The smallest absolute Gasteiger partial charge is 0.0938 e. The predicted octanol–water partition coefficient (Wildman–Crippen LogP) is 3.93. The molecule has 0 saturated heterocycles. The van der Waals surface area contributed by atoms with E-state index in [9.17, 15) is 10.2 Å². The van der Waals surface area contributed by atoms with Crippen LogP contribution in [-0.4, -0.2) is 10.2 Å². The van der Waals surface area contributed by atoms with Crippen molar-refractivity contribution in [1.82, 2.24) is 0 Å². The van der Waals surface area contributed by atoms with Gasteiger partial charge in [0.25, 0.3) is 0 Å². The second-order valence-electron chi connectivity index (χ2n) is 5.44. The fraction of sp³-hybridized carbons (Fsp3) is 0.429. The Kier molecular flexibility index (Phi) is 3.40. The zero-order chi connectivity index (χ0) is 13.6. The number of hydrogen-bond acceptors (Lipinski definition) is 4. The Bertz CT molecular complexity index is 488. The standard InChI is InChI=1S/C14H18O2S2/c1-13(2,15)11-9(5-7-17-11)10-6-8-18-12(10)14(3,4)16/h5-8,15-16H,1-4H3. The Morgan fingerprint density at radius 1 is 0.778 bits per heavy atom. The summed E-state index contributed by atoms with van der Waals surface area (Å²) in [4.78, 5) is 1.87. The molecule has 0 aliphatic rings. The summed E-state index contributed by atoms with van der Waals surface area (Å²) in [5, 5.41) is 24.4. The lowest BCUT2D eigenvalue weighted by Crippen LogP contribution is -2.17. The van der Waals surface area contributed by atoms with Crippen LogP contribution in [0.3, 0.4) is 0 Å². The van der Waals surface area contributed by atoms with Gasteiger partial charge in [-0.05, 0) is 61.7 Å². The molecule has 2 aromatic heterocycles. The van der Waals surface area contributed by atoms with Gasteiger partial charge in [-0.15, -0.1) is 22.7 Å². The monoisotopic (exact) mass is 282 g/mol. The second kappa shape index (κ2) is 4.46.